The first-order valence-electron chi connectivity index (χ1n) is 13.6. The number of piperazine rings is 1. The normalized spacial score (nSPS) is 18.5. The Bertz CT molecular complexity index is 1250. The average Bonchev–Trinajstić information content (AvgIpc) is 3.26. The maximum absolute atomic E-state index is 12.4. The molecule has 0 spiro atoms. The lowest BCUT2D eigenvalue weighted by Crippen LogP contribution is -2.49. The predicted octanol–water partition coefficient (Wildman–Crippen LogP) is 6.57. The number of furan rings is 1. The minimum absolute atomic E-state index is 0.204. The minimum atomic E-state index is -0.498. The quantitative estimate of drug-likeness (QED) is 0.316. The lowest BCUT2D eigenvalue weighted by molar-refractivity contribution is -0.142. The van der Waals surface area contributed by atoms with Crippen LogP contribution < -0.4 is 0 Å². The molecule has 8 nitrogen and oxygen atoms in total. The number of hydrogen-bond acceptors (Lipinski definition) is 7. The van der Waals surface area contributed by atoms with E-state index in [0.29, 0.717) is 38.8 Å². The van der Waals surface area contributed by atoms with Crippen LogP contribution in [0.3, 0.4) is 0 Å². The number of allylic oxidation sites excluding steroid dienone is 3. The van der Waals surface area contributed by atoms with Crippen molar-refractivity contribution in [1.82, 2.24) is 9.80 Å². The molecular formula is C30H39BrN2O6. The molecule has 0 radical (unpaired) electrons. The van der Waals surface area contributed by atoms with Gasteiger partial charge in [0.25, 0.3) is 0 Å². The number of esters is 1. The molecular weight excluding hydrogens is 564 g/mol. The molecule has 1 aromatic carbocycles. The number of nitrogens with zero attached hydrogens (tertiary/aromatic N) is 2. The highest BCUT2D eigenvalue weighted by molar-refractivity contribution is 9.10. The Morgan fingerprint density at radius 1 is 1.13 bits per heavy atom. The van der Waals surface area contributed by atoms with Gasteiger partial charge in [0.05, 0.1) is 19.3 Å². The van der Waals surface area contributed by atoms with Gasteiger partial charge in [0, 0.05) is 65.7 Å². The summed E-state index contributed by atoms with van der Waals surface area (Å²) in [6.07, 6.45) is 6.53. The van der Waals surface area contributed by atoms with Gasteiger partial charge in [-0.1, -0.05) is 35.0 Å². The Labute approximate surface area is 239 Å². The summed E-state index contributed by atoms with van der Waals surface area (Å²) in [5.41, 5.74) is 3.23. The van der Waals surface area contributed by atoms with Gasteiger partial charge in [-0.3, -0.25) is 9.69 Å². The Morgan fingerprint density at radius 2 is 1.87 bits per heavy atom. The summed E-state index contributed by atoms with van der Waals surface area (Å²) in [6.45, 7) is 13.8. The fourth-order valence-electron chi connectivity index (χ4n) is 4.81. The van der Waals surface area contributed by atoms with Gasteiger partial charge in [0.1, 0.15) is 23.6 Å². The van der Waals surface area contributed by atoms with Crippen molar-refractivity contribution in [1.29, 1.82) is 0 Å². The van der Waals surface area contributed by atoms with Crippen LogP contribution in [0.1, 0.15) is 58.6 Å². The van der Waals surface area contributed by atoms with E-state index in [9.17, 15) is 9.59 Å². The summed E-state index contributed by atoms with van der Waals surface area (Å²) >= 11 is 3.67. The zero-order valence-electron chi connectivity index (χ0n) is 23.5. The van der Waals surface area contributed by atoms with Crippen molar-refractivity contribution in [3.05, 3.63) is 57.5 Å². The number of hydrogen-bond donors (Lipinski definition) is 0. The first-order chi connectivity index (χ1) is 18.5. The SMILES string of the molecule is CCOC(=O)CC1=C(OCc2coc3c(CN4CCN(C(=O)OC(C)(C)C)CC4)cc(Br)cc23)CC(C)C=C1. The van der Waals surface area contributed by atoms with Crippen molar-refractivity contribution in [2.45, 2.75) is 66.2 Å². The van der Waals surface area contributed by atoms with Gasteiger partial charge >= 0.3 is 12.1 Å². The molecule has 2 aromatic rings. The molecule has 9 heteroatoms. The van der Waals surface area contributed by atoms with Crippen molar-refractivity contribution in [3.8, 4) is 0 Å². The van der Waals surface area contributed by atoms with E-state index < -0.39 is 5.60 Å². The third kappa shape index (κ3) is 7.88. The highest BCUT2D eigenvalue weighted by atomic mass is 79.9. The van der Waals surface area contributed by atoms with Crippen molar-refractivity contribution < 1.29 is 28.2 Å². The van der Waals surface area contributed by atoms with E-state index in [1.54, 1.807) is 11.2 Å². The molecule has 2 heterocycles. The number of amides is 1. The molecule has 1 aromatic heterocycles. The molecule has 1 aliphatic carbocycles. The van der Waals surface area contributed by atoms with Gasteiger partial charge in [-0.15, -0.1) is 0 Å². The van der Waals surface area contributed by atoms with Crippen LogP contribution in [0.4, 0.5) is 4.79 Å². The molecule has 212 valence electrons. The topological polar surface area (TPSA) is 81.5 Å². The van der Waals surface area contributed by atoms with Gasteiger partial charge in [-0.05, 0) is 45.7 Å². The standard InChI is InChI=1S/C30H39BrN2O6/c1-6-36-27(34)15-21-8-7-20(2)13-26(21)37-18-23-19-38-28-22(14-24(31)16-25(23)28)17-32-9-11-33(12-10-32)29(35)39-30(3,4)5/h7-8,14,16,19-20H,6,9-13,15,17-18H2,1-5H3. The van der Waals surface area contributed by atoms with Crippen molar-refractivity contribution in [2.75, 3.05) is 32.8 Å². The smallest absolute Gasteiger partial charge is 0.410 e. The molecule has 2 aliphatic rings. The van der Waals surface area contributed by atoms with Crippen LogP contribution in [0.25, 0.3) is 11.0 Å². The first kappa shape index (κ1) is 29.2. The molecule has 1 aliphatic heterocycles. The number of fused-ring (bicyclic) bond motifs is 1. The van der Waals surface area contributed by atoms with E-state index in [2.05, 4.69) is 46.0 Å². The Kier molecular flexibility index (Phi) is 9.43. The second-order valence-electron chi connectivity index (χ2n) is 11.2. The Balaban J connectivity index is 1.43. The highest BCUT2D eigenvalue weighted by Gasteiger charge is 2.26. The predicted molar refractivity (Wildman–Crippen MR) is 153 cm³/mol. The van der Waals surface area contributed by atoms with Gasteiger partial charge in [0.2, 0.25) is 0 Å². The summed E-state index contributed by atoms with van der Waals surface area (Å²) < 4.78 is 24.0. The van der Waals surface area contributed by atoms with Crippen molar-refractivity contribution in [2.24, 2.45) is 5.92 Å². The summed E-state index contributed by atoms with van der Waals surface area (Å²) in [6, 6.07) is 4.14. The maximum atomic E-state index is 12.4. The van der Waals surface area contributed by atoms with Gasteiger partial charge in [-0.2, -0.15) is 0 Å². The van der Waals surface area contributed by atoms with Crippen LogP contribution in [0, 0.1) is 5.92 Å². The molecule has 39 heavy (non-hydrogen) atoms. The molecule has 1 saturated heterocycles. The number of benzene rings is 1. The maximum Gasteiger partial charge on any atom is 0.410 e. The van der Waals surface area contributed by atoms with E-state index in [1.165, 1.54) is 0 Å². The lowest BCUT2D eigenvalue weighted by atomic mass is 9.95. The highest BCUT2D eigenvalue weighted by Crippen LogP contribution is 2.33. The van der Waals surface area contributed by atoms with E-state index in [0.717, 1.165) is 57.4 Å². The molecule has 0 N–H and O–H groups in total. The number of halogens is 1. The van der Waals surface area contributed by atoms with E-state index in [1.807, 2.05) is 33.8 Å². The monoisotopic (exact) mass is 602 g/mol. The molecule has 1 unspecified atom stereocenters. The molecule has 1 amide bonds. The molecule has 0 bridgehead atoms. The fourth-order valence-corrected chi connectivity index (χ4v) is 5.32. The van der Waals surface area contributed by atoms with Crippen LogP contribution in [-0.4, -0.2) is 60.2 Å². The van der Waals surface area contributed by atoms with Crippen LogP contribution in [0.2, 0.25) is 0 Å². The zero-order chi connectivity index (χ0) is 28.2. The largest absolute Gasteiger partial charge is 0.493 e. The fraction of sp³-hybridized carbons (Fsp3) is 0.533. The van der Waals surface area contributed by atoms with Crippen LogP contribution in [0.15, 0.2) is 50.8 Å². The second-order valence-corrected chi connectivity index (χ2v) is 12.1. The lowest BCUT2D eigenvalue weighted by Gasteiger charge is -2.35. The molecule has 1 fully saturated rings. The molecule has 4 rings (SSSR count). The summed E-state index contributed by atoms with van der Waals surface area (Å²) in [5, 5.41) is 0.999. The minimum Gasteiger partial charge on any atom is -0.493 e. The third-order valence-electron chi connectivity index (χ3n) is 6.75. The van der Waals surface area contributed by atoms with Crippen molar-refractivity contribution >= 4 is 39.0 Å². The zero-order valence-corrected chi connectivity index (χ0v) is 25.1. The number of carbonyl (C=O) groups excluding carboxylic acids is 2. The van der Waals surface area contributed by atoms with E-state index in [-0.39, 0.29) is 18.5 Å². The van der Waals surface area contributed by atoms with Gasteiger partial charge in [0.15, 0.2) is 0 Å². The molecule has 1 atom stereocenters. The summed E-state index contributed by atoms with van der Waals surface area (Å²) in [4.78, 5) is 28.6. The summed E-state index contributed by atoms with van der Waals surface area (Å²) in [5.74, 6) is 0.913. The van der Waals surface area contributed by atoms with Gasteiger partial charge < -0.3 is 23.5 Å². The number of rotatable bonds is 8. The number of carbonyl (C=O) groups is 2. The van der Waals surface area contributed by atoms with Gasteiger partial charge in [-0.25, -0.2) is 4.79 Å². The van der Waals surface area contributed by atoms with E-state index in [4.69, 9.17) is 18.6 Å². The first-order valence-corrected chi connectivity index (χ1v) is 14.4. The van der Waals surface area contributed by atoms with Crippen molar-refractivity contribution in [3.63, 3.8) is 0 Å². The van der Waals surface area contributed by atoms with Crippen LogP contribution in [-0.2, 0) is 32.2 Å². The average molecular weight is 604 g/mol. The van der Waals surface area contributed by atoms with Crippen LogP contribution in [0.5, 0.6) is 0 Å². The van der Waals surface area contributed by atoms with Crippen LogP contribution >= 0.6 is 15.9 Å². The second kappa shape index (κ2) is 12.6. The Hall–Kier alpha value is -2.78. The number of ether oxygens (including phenoxy) is 3. The summed E-state index contributed by atoms with van der Waals surface area (Å²) in [7, 11) is 0. The Morgan fingerprint density at radius 3 is 2.56 bits per heavy atom. The third-order valence-corrected chi connectivity index (χ3v) is 7.20. The molecule has 0 saturated carbocycles. The van der Waals surface area contributed by atoms with E-state index >= 15 is 0 Å².